The average Bonchev–Trinajstić information content (AvgIpc) is 2.59. The topological polar surface area (TPSA) is 53.2 Å². The lowest BCUT2D eigenvalue weighted by molar-refractivity contribution is -0.120. The van der Waals surface area contributed by atoms with Gasteiger partial charge in [0.15, 0.2) is 0 Å². The van der Waals surface area contributed by atoms with Crippen molar-refractivity contribution >= 4 is 29.1 Å². The number of amides is 1. The van der Waals surface area contributed by atoms with Crippen LogP contribution in [0.3, 0.4) is 0 Å². The number of nitrogens with one attached hydrogen (secondary N) is 3. The maximum absolute atomic E-state index is 13.4. The van der Waals surface area contributed by atoms with Gasteiger partial charge in [-0.1, -0.05) is 18.2 Å². The molecule has 3 N–H and O–H groups in total. The van der Waals surface area contributed by atoms with Crippen LogP contribution in [-0.2, 0) is 4.79 Å². The molecule has 0 radical (unpaired) electrons. The van der Waals surface area contributed by atoms with Crippen LogP contribution in [-0.4, -0.2) is 18.2 Å². The summed E-state index contributed by atoms with van der Waals surface area (Å²) in [6.07, 6.45) is 1.93. The number of hydrogen-bond donors (Lipinski definition) is 3. The number of carbonyl (C=O) groups excluding carboxylic acids is 1. The molecule has 0 atom stereocenters. The molecular weight excluding hydrogens is 313 g/mol. The predicted octanol–water partition coefficient (Wildman–Crippen LogP) is 3.01. The molecule has 0 aromatic heterocycles. The number of thioether (sulfide) groups is 1. The minimum atomic E-state index is -0.295. The number of hydrazine groups is 1. The van der Waals surface area contributed by atoms with Gasteiger partial charge in [-0.05, 0) is 36.4 Å². The van der Waals surface area contributed by atoms with Crippen molar-refractivity contribution in [2.45, 2.75) is 4.90 Å². The summed E-state index contributed by atoms with van der Waals surface area (Å²) in [5.74, 6) is 0.279. The van der Waals surface area contributed by atoms with Gasteiger partial charge in [0.05, 0.1) is 12.2 Å². The summed E-state index contributed by atoms with van der Waals surface area (Å²) in [6, 6.07) is 14.1. The second-order valence-electron chi connectivity index (χ2n) is 4.96. The summed E-state index contributed by atoms with van der Waals surface area (Å²) in [5.41, 5.74) is 7.87. The van der Waals surface area contributed by atoms with Crippen molar-refractivity contribution in [3.63, 3.8) is 0 Å². The Hall–Kier alpha value is -2.47. The molecule has 1 heterocycles. The third-order valence-electron chi connectivity index (χ3n) is 3.32. The van der Waals surface area contributed by atoms with Gasteiger partial charge in [-0.25, -0.2) is 4.39 Å². The van der Waals surface area contributed by atoms with Crippen LogP contribution in [0.25, 0.3) is 5.70 Å². The molecule has 0 saturated heterocycles. The molecule has 0 spiro atoms. The van der Waals surface area contributed by atoms with Crippen LogP contribution in [0.5, 0.6) is 0 Å². The molecule has 2 aromatic carbocycles. The van der Waals surface area contributed by atoms with Crippen molar-refractivity contribution in [2.75, 3.05) is 17.6 Å². The van der Waals surface area contributed by atoms with Crippen molar-refractivity contribution in [1.82, 2.24) is 10.9 Å². The second kappa shape index (κ2) is 7.19. The Labute approximate surface area is 138 Å². The fourth-order valence-electron chi connectivity index (χ4n) is 2.20. The highest BCUT2D eigenvalue weighted by molar-refractivity contribution is 7.99. The minimum absolute atomic E-state index is 0.148. The van der Waals surface area contributed by atoms with Gasteiger partial charge in [-0.15, -0.1) is 11.8 Å². The lowest BCUT2D eigenvalue weighted by Gasteiger charge is -2.19. The molecule has 0 aliphatic carbocycles. The van der Waals surface area contributed by atoms with Crippen molar-refractivity contribution in [3.05, 3.63) is 66.0 Å². The fraction of sp³-hybridized carbons (Fsp3) is 0.118. The first-order chi connectivity index (χ1) is 11.2. The molecule has 23 heavy (non-hydrogen) atoms. The summed E-state index contributed by atoms with van der Waals surface area (Å²) in [4.78, 5) is 12.9. The van der Waals surface area contributed by atoms with Gasteiger partial charge < -0.3 is 5.32 Å². The normalized spacial score (nSPS) is 12.8. The first-order valence-electron chi connectivity index (χ1n) is 7.19. The molecule has 1 amide bonds. The molecule has 1 aliphatic rings. The number of benzene rings is 2. The molecule has 0 saturated carbocycles. The number of rotatable bonds is 5. The summed E-state index contributed by atoms with van der Waals surface area (Å²) < 4.78 is 13.4. The largest absolute Gasteiger partial charge is 0.376 e. The zero-order valence-corrected chi connectivity index (χ0v) is 13.1. The number of hydrogen-bond acceptors (Lipinski definition) is 4. The third-order valence-corrected chi connectivity index (χ3v) is 4.32. The first kappa shape index (κ1) is 15.4. The smallest absolute Gasteiger partial charge is 0.257 e. The molecule has 3 rings (SSSR count). The summed E-state index contributed by atoms with van der Waals surface area (Å²) >= 11 is 1.63. The molecule has 1 aliphatic heterocycles. The van der Waals surface area contributed by atoms with Gasteiger partial charge >= 0.3 is 0 Å². The van der Waals surface area contributed by atoms with Crippen LogP contribution < -0.4 is 16.2 Å². The van der Waals surface area contributed by atoms with Crippen LogP contribution in [0.15, 0.2) is 59.5 Å². The standard InChI is InChI=1S/C17H16FN3OS/c18-12-6-7-16-14(10-12)15(8-9-23-16)20-21-17(22)11-19-13-4-2-1-3-5-13/h1-8,10,19-20H,9,11H2,(H,21,22). The summed E-state index contributed by atoms with van der Waals surface area (Å²) in [7, 11) is 0. The van der Waals surface area contributed by atoms with Crippen molar-refractivity contribution < 1.29 is 9.18 Å². The maximum Gasteiger partial charge on any atom is 0.257 e. The van der Waals surface area contributed by atoms with E-state index in [0.717, 1.165) is 21.9 Å². The minimum Gasteiger partial charge on any atom is -0.376 e. The van der Waals surface area contributed by atoms with Crippen LogP contribution in [0.4, 0.5) is 10.1 Å². The average molecular weight is 329 g/mol. The highest BCUT2D eigenvalue weighted by atomic mass is 32.2. The highest BCUT2D eigenvalue weighted by Gasteiger charge is 2.14. The molecule has 0 fully saturated rings. The lowest BCUT2D eigenvalue weighted by Crippen LogP contribution is -2.40. The third kappa shape index (κ3) is 4.04. The maximum atomic E-state index is 13.4. The van der Waals surface area contributed by atoms with Gasteiger partial charge in [0.1, 0.15) is 5.82 Å². The molecule has 0 unspecified atom stereocenters. The predicted molar refractivity (Wildman–Crippen MR) is 91.3 cm³/mol. The van der Waals surface area contributed by atoms with E-state index in [-0.39, 0.29) is 18.3 Å². The number of para-hydroxylation sites is 1. The quantitative estimate of drug-likeness (QED) is 0.738. The van der Waals surface area contributed by atoms with E-state index in [4.69, 9.17) is 0 Å². The first-order valence-corrected chi connectivity index (χ1v) is 8.17. The molecule has 118 valence electrons. The molecule has 2 aromatic rings. The Balaban J connectivity index is 1.55. The highest BCUT2D eigenvalue weighted by Crippen LogP contribution is 2.32. The Bertz CT molecular complexity index is 734. The summed E-state index contributed by atoms with van der Waals surface area (Å²) in [5, 5.41) is 3.02. The van der Waals surface area contributed by atoms with E-state index in [0.29, 0.717) is 5.70 Å². The number of fused-ring (bicyclic) bond motifs is 1. The Morgan fingerprint density at radius 1 is 1.17 bits per heavy atom. The Kier molecular flexibility index (Phi) is 4.83. The van der Waals surface area contributed by atoms with E-state index in [1.165, 1.54) is 12.1 Å². The molecule has 4 nitrogen and oxygen atoms in total. The van der Waals surface area contributed by atoms with Crippen molar-refractivity contribution in [3.8, 4) is 0 Å². The monoisotopic (exact) mass is 329 g/mol. The van der Waals surface area contributed by atoms with E-state index in [1.807, 2.05) is 36.4 Å². The SMILES string of the molecule is O=C(CNc1ccccc1)NNC1=CCSc2ccc(F)cc21. The van der Waals surface area contributed by atoms with E-state index in [2.05, 4.69) is 16.2 Å². The number of carbonyl (C=O) groups is 1. The van der Waals surface area contributed by atoms with Gasteiger partial charge in [-0.2, -0.15) is 0 Å². The van der Waals surface area contributed by atoms with Gasteiger partial charge in [0.25, 0.3) is 5.91 Å². The lowest BCUT2D eigenvalue weighted by atomic mass is 10.1. The Morgan fingerprint density at radius 3 is 2.83 bits per heavy atom. The zero-order valence-electron chi connectivity index (χ0n) is 12.3. The second-order valence-corrected chi connectivity index (χ2v) is 6.02. The molecular formula is C17H16FN3OS. The van der Waals surface area contributed by atoms with Crippen LogP contribution >= 0.6 is 11.8 Å². The van der Waals surface area contributed by atoms with Gasteiger partial charge in [0.2, 0.25) is 0 Å². The van der Waals surface area contributed by atoms with E-state index in [1.54, 1.807) is 17.8 Å². The number of halogens is 1. The zero-order chi connectivity index (χ0) is 16.1. The molecule has 0 bridgehead atoms. The molecule has 6 heteroatoms. The van der Waals surface area contributed by atoms with Crippen LogP contribution in [0, 0.1) is 5.82 Å². The van der Waals surface area contributed by atoms with E-state index >= 15 is 0 Å². The van der Waals surface area contributed by atoms with Crippen LogP contribution in [0.1, 0.15) is 5.56 Å². The van der Waals surface area contributed by atoms with Crippen LogP contribution in [0.2, 0.25) is 0 Å². The van der Waals surface area contributed by atoms with Gasteiger partial charge in [-0.3, -0.25) is 15.6 Å². The van der Waals surface area contributed by atoms with Gasteiger partial charge in [0, 0.05) is 21.9 Å². The number of anilines is 1. The van der Waals surface area contributed by atoms with E-state index in [9.17, 15) is 9.18 Å². The Morgan fingerprint density at radius 2 is 2.00 bits per heavy atom. The fourth-order valence-corrected chi connectivity index (χ4v) is 3.12. The van der Waals surface area contributed by atoms with Crippen molar-refractivity contribution in [2.24, 2.45) is 0 Å². The summed E-state index contributed by atoms with van der Waals surface area (Å²) in [6.45, 7) is 0.148. The van der Waals surface area contributed by atoms with Crippen molar-refractivity contribution in [1.29, 1.82) is 0 Å². The van der Waals surface area contributed by atoms with E-state index < -0.39 is 0 Å².